The highest BCUT2D eigenvalue weighted by Crippen LogP contribution is 2.27. The summed E-state index contributed by atoms with van der Waals surface area (Å²) in [6.07, 6.45) is 7.64. The molecule has 1 amide bonds. The maximum atomic E-state index is 11.0. The lowest BCUT2D eigenvalue weighted by atomic mass is 10.3. The number of nitrogens with zero attached hydrogens (tertiary/aromatic N) is 3. The van der Waals surface area contributed by atoms with Gasteiger partial charge in [-0.25, -0.2) is 9.98 Å². The van der Waals surface area contributed by atoms with Crippen LogP contribution >= 0.6 is 23.1 Å². The molecule has 1 aliphatic rings. The summed E-state index contributed by atoms with van der Waals surface area (Å²) in [7, 11) is 4.06. The molecule has 0 saturated carbocycles. The van der Waals surface area contributed by atoms with E-state index in [-0.39, 0.29) is 5.91 Å². The van der Waals surface area contributed by atoms with Gasteiger partial charge in [-0.3, -0.25) is 4.79 Å². The monoisotopic (exact) mass is 329 g/mol. The normalized spacial score (nSPS) is 15.4. The van der Waals surface area contributed by atoms with Crippen LogP contribution in [0, 0.1) is 0 Å². The van der Waals surface area contributed by atoms with E-state index in [0.717, 1.165) is 15.6 Å². The van der Waals surface area contributed by atoms with Crippen LogP contribution in [0.25, 0.3) is 16.3 Å². The summed E-state index contributed by atoms with van der Waals surface area (Å²) < 4.78 is 1.18. The van der Waals surface area contributed by atoms with E-state index in [1.165, 1.54) is 22.1 Å². The molecule has 0 unspecified atom stereocenters. The Labute approximate surface area is 137 Å². The number of carbonyl (C=O) groups excluding carboxylic acids is 1. The number of benzene rings is 1. The average Bonchev–Trinajstić information content (AvgIpc) is 3.08. The summed E-state index contributed by atoms with van der Waals surface area (Å²) in [5.74, 6) is 0.395. The van der Waals surface area contributed by atoms with Gasteiger partial charge in [0.05, 0.1) is 16.0 Å². The van der Waals surface area contributed by atoms with Crippen molar-refractivity contribution < 1.29 is 4.79 Å². The minimum Gasteiger partial charge on any atom is -0.378 e. The molecular weight excluding hydrogens is 314 g/mol. The van der Waals surface area contributed by atoms with Crippen molar-refractivity contribution in [2.24, 2.45) is 4.99 Å². The molecule has 6 heteroatoms. The van der Waals surface area contributed by atoms with Crippen LogP contribution in [-0.4, -0.2) is 35.8 Å². The van der Waals surface area contributed by atoms with Crippen molar-refractivity contribution in [3.63, 3.8) is 0 Å². The highest BCUT2D eigenvalue weighted by atomic mass is 32.2. The maximum Gasteiger partial charge on any atom is 0.257 e. The molecule has 0 atom stereocenters. The standard InChI is InChI=1S/C16H15N3OS2/c1-19(2)11-7-8-12-13(9-11)22-16(17-12)6-4-3-5-15-18-14(20)10-21-15/h3-9H,10H2,1-2H3/b5-3+,6-4+. The number of amides is 1. The molecule has 1 aromatic heterocycles. The van der Waals surface area contributed by atoms with Gasteiger partial charge < -0.3 is 4.90 Å². The van der Waals surface area contributed by atoms with Crippen LogP contribution in [0.5, 0.6) is 0 Å². The minimum atomic E-state index is -0.0588. The topological polar surface area (TPSA) is 45.6 Å². The van der Waals surface area contributed by atoms with E-state index in [1.54, 1.807) is 11.3 Å². The number of allylic oxidation sites excluding steroid dienone is 2. The summed E-state index contributed by atoms with van der Waals surface area (Å²) in [4.78, 5) is 21.6. The number of carbonyl (C=O) groups is 1. The third kappa shape index (κ3) is 3.45. The van der Waals surface area contributed by atoms with Crippen molar-refractivity contribution >= 4 is 56.0 Å². The van der Waals surface area contributed by atoms with E-state index < -0.39 is 0 Å². The Kier molecular flexibility index (Phi) is 4.40. The van der Waals surface area contributed by atoms with Gasteiger partial charge in [-0.2, -0.15) is 0 Å². The van der Waals surface area contributed by atoms with Crippen molar-refractivity contribution in [3.05, 3.63) is 41.4 Å². The Bertz CT molecular complexity index is 803. The van der Waals surface area contributed by atoms with Gasteiger partial charge in [0.2, 0.25) is 0 Å². The predicted octanol–water partition coefficient (Wildman–Crippen LogP) is 3.60. The first-order chi connectivity index (χ1) is 10.6. The maximum absolute atomic E-state index is 11.0. The summed E-state index contributed by atoms with van der Waals surface area (Å²) in [5.41, 5.74) is 2.19. The Hall–Kier alpha value is -1.92. The van der Waals surface area contributed by atoms with Gasteiger partial charge >= 0.3 is 0 Å². The summed E-state index contributed by atoms with van der Waals surface area (Å²) in [5, 5.41) is 1.74. The summed E-state index contributed by atoms with van der Waals surface area (Å²) in [6.45, 7) is 0. The first-order valence-electron chi connectivity index (χ1n) is 6.79. The summed E-state index contributed by atoms with van der Waals surface area (Å²) >= 11 is 3.13. The molecule has 0 N–H and O–H groups in total. The fourth-order valence-corrected chi connectivity index (χ4v) is 3.56. The number of aromatic nitrogens is 1. The average molecular weight is 329 g/mol. The minimum absolute atomic E-state index is 0.0588. The van der Waals surface area contributed by atoms with E-state index in [2.05, 4.69) is 27.0 Å². The zero-order chi connectivity index (χ0) is 15.5. The molecule has 4 nitrogen and oxygen atoms in total. The zero-order valence-electron chi connectivity index (χ0n) is 12.3. The third-order valence-electron chi connectivity index (χ3n) is 3.07. The van der Waals surface area contributed by atoms with Crippen molar-refractivity contribution in [3.8, 4) is 0 Å². The van der Waals surface area contributed by atoms with Crippen LogP contribution in [0.4, 0.5) is 5.69 Å². The number of rotatable bonds is 4. The second-order valence-electron chi connectivity index (χ2n) is 4.95. The largest absolute Gasteiger partial charge is 0.378 e. The van der Waals surface area contributed by atoms with Crippen molar-refractivity contribution in [2.75, 3.05) is 24.7 Å². The van der Waals surface area contributed by atoms with Gasteiger partial charge in [0.1, 0.15) is 10.1 Å². The molecule has 0 radical (unpaired) electrons. The van der Waals surface area contributed by atoms with Crippen molar-refractivity contribution in [1.29, 1.82) is 0 Å². The van der Waals surface area contributed by atoms with E-state index in [0.29, 0.717) is 5.75 Å². The van der Waals surface area contributed by atoms with Gasteiger partial charge in [-0.15, -0.1) is 11.3 Å². The lowest BCUT2D eigenvalue weighted by Gasteiger charge is -2.11. The number of thioether (sulfide) groups is 1. The number of fused-ring (bicyclic) bond motifs is 1. The van der Waals surface area contributed by atoms with Crippen LogP contribution in [0.15, 0.2) is 41.4 Å². The second-order valence-corrected chi connectivity index (χ2v) is 7.01. The Balaban J connectivity index is 1.73. The molecule has 112 valence electrons. The van der Waals surface area contributed by atoms with Crippen LogP contribution in [0.2, 0.25) is 0 Å². The highest BCUT2D eigenvalue weighted by molar-refractivity contribution is 8.15. The number of anilines is 1. The molecule has 2 heterocycles. The summed E-state index contributed by atoms with van der Waals surface area (Å²) in [6, 6.07) is 6.27. The molecule has 0 aliphatic carbocycles. The first-order valence-corrected chi connectivity index (χ1v) is 8.59. The number of hydrogen-bond acceptors (Lipinski definition) is 5. The first kappa shape index (κ1) is 15.0. The molecule has 0 spiro atoms. The second kappa shape index (κ2) is 6.46. The Morgan fingerprint density at radius 1 is 1.23 bits per heavy atom. The van der Waals surface area contributed by atoms with Crippen LogP contribution < -0.4 is 4.90 Å². The number of hydrogen-bond donors (Lipinski definition) is 0. The van der Waals surface area contributed by atoms with Crippen LogP contribution in [-0.2, 0) is 4.79 Å². The van der Waals surface area contributed by atoms with Gasteiger partial charge in [0.15, 0.2) is 0 Å². The Morgan fingerprint density at radius 3 is 2.77 bits per heavy atom. The molecule has 0 bridgehead atoms. The quantitative estimate of drug-likeness (QED) is 0.804. The van der Waals surface area contributed by atoms with Gasteiger partial charge in [-0.05, 0) is 30.4 Å². The van der Waals surface area contributed by atoms with E-state index in [1.807, 2.05) is 44.5 Å². The lowest BCUT2D eigenvalue weighted by molar-refractivity contribution is -0.115. The van der Waals surface area contributed by atoms with Gasteiger partial charge in [0, 0.05) is 19.8 Å². The highest BCUT2D eigenvalue weighted by Gasteiger charge is 2.11. The molecule has 3 rings (SSSR count). The SMILES string of the molecule is CN(C)c1ccc2nc(/C=C/C=C/C3=NC(=O)CS3)sc2c1. The smallest absolute Gasteiger partial charge is 0.257 e. The van der Waals surface area contributed by atoms with Crippen LogP contribution in [0.3, 0.4) is 0 Å². The predicted molar refractivity (Wildman–Crippen MR) is 97.0 cm³/mol. The fraction of sp³-hybridized carbons (Fsp3) is 0.188. The van der Waals surface area contributed by atoms with E-state index in [4.69, 9.17) is 0 Å². The molecule has 1 aromatic carbocycles. The van der Waals surface area contributed by atoms with E-state index >= 15 is 0 Å². The van der Waals surface area contributed by atoms with E-state index in [9.17, 15) is 4.79 Å². The van der Waals surface area contributed by atoms with Crippen molar-refractivity contribution in [1.82, 2.24) is 4.98 Å². The molecule has 0 fully saturated rings. The Morgan fingerprint density at radius 2 is 2.05 bits per heavy atom. The third-order valence-corrected chi connectivity index (χ3v) is 4.97. The number of thiazole rings is 1. The van der Waals surface area contributed by atoms with Gasteiger partial charge in [-0.1, -0.05) is 23.9 Å². The van der Waals surface area contributed by atoms with Gasteiger partial charge in [0.25, 0.3) is 5.91 Å². The zero-order valence-corrected chi connectivity index (χ0v) is 13.9. The van der Waals surface area contributed by atoms with Crippen LogP contribution in [0.1, 0.15) is 5.01 Å². The lowest BCUT2D eigenvalue weighted by Crippen LogP contribution is -2.07. The molecule has 1 aliphatic heterocycles. The molecule has 22 heavy (non-hydrogen) atoms. The van der Waals surface area contributed by atoms with Crippen molar-refractivity contribution in [2.45, 2.75) is 0 Å². The molecule has 2 aromatic rings. The molecular formula is C16H15N3OS2. The molecule has 0 saturated heterocycles. The fourth-order valence-electron chi connectivity index (χ4n) is 1.96. The number of aliphatic imine (C=N–C) groups is 1.